The molecule has 0 aliphatic carbocycles. The molecule has 0 radical (unpaired) electrons. The summed E-state index contributed by atoms with van der Waals surface area (Å²) < 4.78 is 5.58. The van der Waals surface area contributed by atoms with E-state index in [2.05, 4.69) is 0 Å². The Bertz CT molecular complexity index is 520. The van der Waals surface area contributed by atoms with E-state index in [0.29, 0.717) is 11.5 Å². The second-order valence-electron chi connectivity index (χ2n) is 5.54. The van der Waals surface area contributed by atoms with E-state index in [1.807, 2.05) is 0 Å². The zero-order chi connectivity index (χ0) is 14.1. The van der Waals surface area contributed by atoms with Gasteiger partial charge in [0.15, 0.2) is 6.10 Å². The summed E-state index contributed by atoms with van der Waals surface area (Å²) in [4.78, 5) is 23.7. The highest BCUT2D eigenvalue weighted by Gasteiger charge is 2.39. The number of quaternary nitrogens is 1. The summed E-state index contributed by atoms with van der Waals surface area (Å²) in [5.74, 6) is 0.104. The molecule has 3 heterocycles. The van der Waals surface area contributed by atoms with Crippen LogP contribution in [0.15, 0.2) is 24.3 Å². The Morgan fingerprint density at radius 3 is 2.40 bits per heavy atom. The molecular weight excluding hydrogens is 260 g/mol. The fraction of sp³-hybridized carbons (Fsp3) is 0.500. The van der Waals surface area contributed by atoms with E-state index in [0.717, 1.165) is 19.4 Å². The molecule has 0 amide bonds. The van der Waals surface area contributed by atoms with Gasteiger partial charge in [-0.2, -0.15) is 0 Å². The number of non-ortho nitro benzene ring substituents is 1. The molecule has 3 aliphatic rings. The van der Waals surface area contributed by atoms with Gasteiger partial charge in [-0.1, -0.05) is 0 Å². The number of hydrogen-bond acceptors (Lipinski definition) is 4. The molecule has 4 rings (SSSR count). The number of piperidine rings is 3. The summed E-state index contributed by atoms with van der Waals surface area (Å²) in [7, 11) is 0. The van der Waals surface area contributed by atoms with Crippen molar-refractivity contribution in [2.75, 3.05) is 19.6 Å². The van der Waals surface area contributed by atoms with E-state index < -0.39 is 4.92 Å². The van der Waals surface area contributed by atoms with Crippen molar-refractivity contribution in [3.63, 3.8) is 0 Å². The molecule has 0 unspecified atom stereocenters. The fourth-order valence-corrected chi connectivity index (χ4v) is 3.14. The molecular formula is C14H17N2O4+. The van der Waals surface area contributed by atoms with E-state index in [1.54, 1.807) is 0 Å². The van der Waals surface area contributed by atoms with Crippen LogP contribution < -0.4 is 4.90 Å². The molecule has 2 bridgehead atoms. The van der Waals surface area contributed by atoms with Gasteiger partial charge in [-0.05, 0) is 12.1 Å². The maximum absolute atomic E-state index is 12.1. The Labute approximate surface area is 116 Å². The summed E-state index contributed by atoms with van der Waals surface area (Å²) in [6.45, 7) is 3.25. The number of nitrogens with one attached hydrogen (secondary N) is 1. The highest BCUT2D eigenvalue weighted by molar-refractivity contribution is 5.89. The lowest BCUT2D eigenvalue weighted by atomic mass is 9.86. The first-order valence-electron chi connectivity index (χ1n) is 6.92. The fourth-order valence-electron chi connectivity index (χ4n) is 3.14. The third-order valence-corrected chi connectivity index (χ3v) is 4.33. The summed E-state index contributed by atoms with van der Waals surface area (Å²) in [6, 6.07) is 5.57. The second kappa shape index (κ2) is 5.20. The standard InChI is InChI=1S/C14H16N2O4/c17-14(11-1-3-12(4-2-11)16(18)19)20-13-9-15-7-5-10(13)6-8-15/h1-4,10,13H,5-9H2/p+1/t13-/m1/s1. The van der Waals surface area contributed by atoms with Crippen LogP contribution in [0.1, 0.15) is 23.2 Å². The first-order chi connectivity index (χ1) is 9.63. The van der Waals surface area contributed by atoms with Crippen molar-refractivity contribution in [2.24, 2.45) is 5.92 Å². The van der Waals surface area contributed by atoms with Gasteiger partial charge in [0.1, 0.15) is 6.54 Å². The number of hydrogen-bond donors (Lipinski definition) is 1. The van der Waals surface area contributed by atoms with Gasteiger partial charge in [0.2, 0.25) is 0 Å². The van der Waals surface area contributed by atoms with Gasteiger partial charge >= 0.3 is 5.97 Å². The van der Waals surface area contributed by atoms with Crippen molar-refractivity contribution in [2.45, 2.75) is 18.9 Å². The minimum atomic E-state index is -0.480. The van der Waals surface area contributed by atoms with Crippen LogP contribution in [-0.4, -0.2) is 36.6 Å². The number of benzene rings is 1. The van der Waals surface area contributed by atoms with Crippen LogP contribution in [0.3, 0.4) is 0 Å². The van der Waals surface area contributed by atoms with Gasteiger partial charge < -0.3 is 9.64 Å². The normalized spacial score (nSPS) is 28.1. The van der Waals surface area contributed by atoms with Crippen molar-refractivity contribution in [3.8, 4) is 0 Å². The van der Waals surface area contributed by atoms with Gasteiger partial charge in [-0.25, -0.2) is 4.79 Å². The lowest BCUT2D eigenvalue weighted by Gasteiger charge is -2.41. The third-order valence-electron chi connectivity index (χ3n) is 4.33. The van der Waals surface area contributed by atoms with Crippen LogP contribution in [0.5, 0.6) is 0 Å². The zero-order valence-electron chi connectivity index (χ0n) is 11.1. The van der Waals surface area contributed by atoms with Gasteiger partial charge in [-0.15, -0.1) is 0 Å². The largest absolute Gasteiger partial charge is 0.452 e. The van der Waals surface area contributed by atoms with Crippen LogP contribution in [-0.2, 0) is 4.74 Å². The summed E-state index contributed by atoms with van der Waals surface area (Å²) in [6.07, 6.45) is 2.23. The molecule has 1 aromatic rings. The number of carbonyl (C=O) groups excluding carboxylic acids is 1. The highest BCUT2D eigenvalue weighted by atomic mass is 16.6. The predicted octanol–water partition coefficient (Wildman–Crippen LogP) is 0.429. The number of carbonyl (C=O) groups is 1. The van der Waals surface area contributed by atoms with E-state index in [4.69, 9.17) is 4.74 Å². The topological polar surface area (TPSA) is 73.9 Å². The Balaban J connectivity index is 1.65. The molecule has 0 saturated carbocycles. The first kappa shape index (κ1) is 13.1. The van der Waals surface area contributed by atoms with Crippen LogP contribution in [0, 0.1) is 16.0 Å². The number of fused-ring (bicyclic) bond motifs is 3. The summed E-state index contributed by atoms with van der Waals surface area (Å²) in [5, 5.41) is 10.6. The lowest BCUT2D eigenvalue weighted by molar-refractivity contribution is -0.920. The van der Waals surface area contributed by atoms with Crippen LogP contribution >= 0.6 is 0 Å². The molecule has 1 atom stereocenters. The number of ether oxygens (including phenoxy) is 1. The second-order valence-corrected chi connectivity index (χ2v) is 5.54. The van der Waals surface area contributed by atoms with Crippen molar-refractivity contribution in [1.29, 1.82) is 0 Å². The molecule has 20 heavy (non-hydrogen) atoms. The predicted molar refractivity (Wildman–Crippen MR) is 70.6 cm³/mol. The van der Waals surface area contributed by atoms with Crippen molar-refractivity contribution < 1.29 is 19.4 Å². The van der Waals surface area contributed by atoms with Crippen LogP contribution in [0.2, 0.25) is 0 Å². The van der Waals surface area contributed by atoms with E-state index >= 15 is 0 Å². The molecule has 3 aliphatic heterocycles. The molecule has 3 fully saturated rings. The third kappa shape index (κ3) is 2.51. The van der Waals surface area contributed by atoms with Gasteiger partial charge in [0, 0.05) is 30.9 Å². The smallest absolute Gasteiger partial charge is 0.338 e. The minimum Gasteiger partial charge on any atom is -0.452 e. The van der Waals surface area contributed by atoms with Crippen LogP contribution in [0.4, 0.5) is 5.69 Å². The first-order valence-corrected chi connectivity index (χ1v) is 6.92. The van der Waals surface area contributed by atoms with Crippen molar-refractivity contribution in [1.82, 2.24) is 0 Å². The Morgan fingerprint density at radius 2 is 1.90 bits per heavy atom. The highest BCUT2D eigenvalue weighted by Crippen LogP contribution is 2.22. The molecule has 0 spiro atoms. The number of esters is 1. The SMILES string of the molecule is O=C(O[C@@H]1C[NH+]2CCC1CC2)c1ccc([N+](=O)[O-])cc1. The molecule has 1 aromatic carbocycles. The maximum Gasteiger partial charge on any atom is 0.338 e. The summed E-state index contributed by atoms with van der Waals surface area (Å²) >= 11 is 0. The molecule has 3 saturated heterocycles. The molecule has 6 heteroatoms. The van der Waals surface area contributed by atoms with Gasteiger partial charge in [-0.3, -0.25) is 10.1 Å². The van der Waals surface area contributed by atoms with Crippen LogP contribution in [0.25, 0.3) is 0 Å². The average molecular weight is 277 g/mol. The average Bonchev–Trinajstić information content (AvgIpc) is 2.48. The Morgan fingerprint density at radius 1 is 1.25 bits per heavy atom. The number of nitro benzene ring substituents is 1. The number of nitrogens with zero attached hydrogens (tertiary/aromatic N) is 1. The molecule has 106 valence electrons. The molecule has 0 aromatic heterocycles. The maximum atomic E-state index is 12.1. The van der Waals surface area contributed by atoms with Gasteiger partial charge in [0.05, 0.1) is 23.6 Å². The van der Waals surface area contributed by atoms with E-state index in [9.17, 15) is 14.9 Å². The Kier molecular flexibility index (Phi) is 3.40. The van der Waals surface area contributed by atoms with E-state index in [1.165, 1.54) is 42.3 Å². The monoisotopic (exact) mass is 277 g/mol. The van der Waals surface area contributed by atoms with Gasteiger partial charge in [0.25, 0.3) is 5.69 Å². The molecule has 1 N–H and O–H groups in total. The minimum absolute atomic E-state index is 0.00445. The number of rotatable bonds is 3. The summed E-state index contributed by atoms with van der Waals surface area (Å²) in [5.41, 5.74) is 0.357. The number of nitro groups is 1. The van der Waals surface area contributed by atoms with E-state index in [-0.39, 0.29) is 17.8 Å². The zero-order valence-corrected chi connectivity index (χ0v) is 11.1. The van der Waals surface area contributed by atoms with Crippen molar-refractivity contribution >= 4 is 11.7 Å². The Hall–Kier alpha value is -1.95. The molecule has 6 nitrogen and oxygen atoms in total. The van der Waals surface area contributed by atoms with Crippen molar-refractivity contribution in [3.05, 3.63) is 39.9 Å². The lowest BCUT2D eigenvalue weighted by Crippen LogP contribution is -3.16. The quantitative estimate of drug-likeness (QED) is 0.494.